The van der Waals surface area contributed by atoms with Crippen molar-refractivity contribution in [1.82, 2.24) is 20.5 Å². The molecule has 0 radical (unpaired) electrons. The number of nitrogens with one attached hydrogen (secondary N) is 2. The van der Waals surface area contributed by atoms with Gasteiger partial charge in [-0.15, -0.1) is 16.4 Å². The van der Waals surface area contributed by atoms with Gasteiger partial charge in [-0.05, 0) is 28.1 Å². The van der Waals surface area contributed by atoms with Gasteiger partial charge in [0.15, 0.2) is 0 Å². The van der Waals surface area contributed by atoms with Crippen LogP contribution in [0.2, 0.25) is 0 Å². The fraction of sp³-hybridized carbons (Fsp3) is 0.300. The summed E-state index contributed by atoms with van der Waals surface area (Å²) < 4.78 is 1.05. The van der Waals surface area contributed by atoms with Gasteiger partial charge in [0.05, 0.1) is 10.3 Å². The van der Waals surface area contributed by atoms with E-state index in [0.717, 1.165) is 15.1 Å². The Labute approximate surface area is 111 Å². The molecule has 0 saturated carbocycles. The highest BCUT2D eigenvalue weighted by molar-refractivity contribution is 9.11. The lowest BCUT2D eigenvalue weighted by molar-refractivity contribution is 0.0941. The number of amides is 1. The highest BCUT2D eigenvalue weighted by atomic mass is 79.9. The van der Waals surface area contributed by atoms with Gasteiger partial charge in [-0.1, -0.05) is 6.92 Å². The molecule has 2 aromatic rings. The molecule has 17 heavy (non-hydrogen) atoms. The van der Waals surface area contributed by atoms with E-state index in [9.17, 15) is 4.79 Å². The average Bonchev–Trinajstić information content (AvgIpc) is 2.94. The second-order valence-electron chi connectivity index (χ2n) is 3.35. The van der Waals surface area contributed by atoms with Gasteiger partial charge in [-0.25, -0.2) is 4.98 Å². The van der Waals surface area contributed by atoms with E-state index >= 15 is 0 Å². The molecule has 2 rings (SSSR count). The number of hydrogen-bond donors (Lipinski definition) is 2. The predicted molar refractivity (Wildman–Crippen MR) is 68.9 cm³/mol. The normalized spacial score (nSPS) is 10.5. The van der Waals surface area contributed by atoms with Gasteiger partial charge < -0.3 is 5.32 Å². The Morgan fingerprint density at radius 1 is 1.59 bits per heavy atom. The monoisotopic (exact) mass is 314 g/mol. The molecule has 0 atom stereocenters. The number of rotatable bonds is 4. The summed E-state index contributed by atoms with van der Waals surface area (Å²) in [6.45, 7) is 2.44. The topological polar surface area (TPSA) is 70.7 Å². The summed E-state index contributed by atoms with van der Waals surface area (Å²) in [5.41, 5.74) is 0. The van der Waals surface area contributed by atoms with Crippen LogP contribution in [0.15, 0.2) is 15.9 Å². The molecule has 0 saturated heterocycles. The Morgan fingerprint density at radius 3 is 3.00 bits per heavy atom. The molecule has 2 heterocycles. The molecule has 2 aromatic heterocycles. The van der Waals surface area contributed by atoms with Crippen molar-refractivity contribution < 1.29 is 4.79 Å². The zero-order valence-electron chi connectivity index (χ0n) is 9.16. The highest BCUT2D eigenvalue weighted by Gasteiger charge is 2.11. The number of carbonyl (C=O) groups excluding carboxylic acids is 1. The van der Waals surface area contributed by atoms with Crippen molar-refractivity contribution >= 4 is 33.2 Å². The Hall–Kier alpha value is -1.21. The van der Waals surface area contributed by atoms with Crippen LogP contribution < -0.4 is 5.32 Å². The van der Waals surface area contributed by atoms with Crippen LogP contribution in [-0.4, -0.2) is 21.1 Å². The molecule has 90 valence electrons. The third-order valence-corrected chi connectivity index (χ3v) is 3.75. The van der Waals surface area contributed by atoms with E-state index in [0.29, 0.717) is 12.4 Å². The zero-order valence-corrected chi connectivity index (χ0v) is 11.6. The average molecular weight is 315 g/mol. The van der Waals surface area contributed by atoms with Crippen LogP contribution in [0.5, 0.6) is 0 Å². The van der Waals surface area contributed by atoms with Crippen LogP contribution in [0.4, 0.5) is 0 Å². The first kappa shape index (κ1) is 12.3. The Balaban J connectivity index is 1.93. The first-order valence-corrected chi connectivity index (χ1v) is 6.73. The van der Waals surface area contributed by atoms with Crippen molar-refractivity contribution in [2.24, 2.45) is 0 Å². The van der Waals surface area contributed by atoms with Crippen molar-refractivity contribution in [1.29, 1.82) is 0 Å². The number of aromatic amines is 1. The molecule has 0 aliphatic rings. The fourth-order valence-corrected chi connectivity index (χ4v) is 2.67. The summed E-state index contributed by atoms with van der Waals surface area (Å²) in [5, 5.41) is 9.33. The molecule has 0 aliphatic carbocycles. The number of hydrogen-bond acceptors (Lipinski definition) is 4. The molecular weight excluding hydrogens is 304 g/mol. The van der Waals surface area contributed by atoms with Gasteiger partial charge in [0.25, 0.3) is 5.91 Å². The highest BCUT2D eigenvalue weighted by Crippen LogP contribution is 2.21. The quantitative estimate of drug-likeness (QED) is 0.908. The summed E-state index contributed by atoms with van der Waals surface area (Å²) in [4.78, 5) is 16.8. The minimum atomic E-state index is -0.259. The maximum atomic E-state index is 11.7. The van der Waals surface area contributed by atoms with E-state index < -0.39 is 0 Å². The molecule has 2 N–H and O–H groups in total. The van der Waals surface area contributed by atoms with Crippen molar-refractivity contribution in [3.63, 3.8) is 0 Å². The number of halogens is 1. The SMILES string of the molecule is CCc1nc(C(=O)NCc2ccc(Br)s2)n[nH]1. The molecule has 0 aromatic carbocycles. The van der Waals surface area contributed by atoms with Crippen LogP contribution in [0, 0.1) is 0 Å². The number of aryl methyl sites for hydroxylation is 1. The van der Waals surface area contributed by atoms with E-state index in [2.05, 4.69) is 36.4 Å². The standard InChI is InChI=1S/C10H11BrN4OS/c1-2-8-13-9(15-14-8)10(16)12-5-6-3-4-7(11)17-6/h3-4H,2,5H2,1H3,(H,12,16)(H,13,14,15). The third-order valence-electron chi connectivity index (χ3n) is 2.12. The van der Waals surface area contributed by atoms with Crippen LogP contribution >= 0.6 is 27.3 Å². The Kier molecular flexibility index (Phi) is 3.90. The lowest BCUT2D eigenvalue weighted by Crippen LogP contribution is -2.23. The molecule has 1 amide bonds. The zero-order chi connectivity index (χ0) is 12.3. The smallest absolute Gasteiger partial charge is 0.291 e. The summed E-state index contributed by atoms with van der Waals surface area (Å²) >= 11 is 4.96. The Bertz CT molecular complexity index is 522. The van der Waals surface area contributed by atoms with Gasteiger partial charge in [-0.2, -0.15) is 0 Å². The lowest BCUT2D eigenvalue weighted by atomic mass is 10.4. The molecular formula is C10H11BrN4OS. The van der Waals surface area contributed by atoms with Gasteiger partial charge in [0.1, 0.15) is 5.82 Å². The molecule has 5 nitrogen and oxygen atoms in total. The molecule has 7 heteroatoms. The van der Waals surface area contributed by atoms with Gasteiger partial charge in [-0.3, -0.25) is 9.89 Å². The molecule has 0 unspecified atom stereocenters. The van der Waals surface area contributed by atoms with E-state index in [-0.39, 0.29) is 11.7 Å². The largest absolute Gasteiger partial charge is 0.344 e. The maximum absolute atomic E-state index is 11.7. The summed E-state index contributed by atoms with van der Waals surface area (Å²) in [6.07, 6.45) is 0.734. The van der Waals surface area contributed by atoms with E-state index in [1.807, 2.05) is 19.1 Å². The molecule has 0 bridgehead atoms. The van der Waals surface area contributed by atoms with E-state index in [4.69, 9.17) is 0 Å². The van der Waals surface area contributed by atoms with Crippen LogP contribution in [0.25, 0.3) is 0 Å². The lowest BCUT2D eigenvalue weighted by Gasteiger charge is -1.98. The number of carbonyl (C=O) groups is 1. The number of nitrogens with zero attached hydrogens (tertiary/aromatic N) is 2. The van der Waals surface area contributed by atoms with Crippen LogP contribution in [-0.2, 0) is 13.0 Å². The number of H-pyrrole nitrogens is 1. The fourth-order valence-electron chi connectivity index (χ4n) is 1.25. The van der Waals surface area contributed by atoms with Gasteiger partial charge in [0.2, 0.25) is 5.82 Å². The second-order valence-corrected chi connectivity index (χ2v) is 5.90. The molecule has 0 aliphatic heterocycles. The van der Waals surface area contributed by atoms with E-state index in [1.165, 1.54) is 0 Å². The van der Waals surface area contributed by atoms with Crippen LogP contribution in [0.1, 0.15) is 28.2 Å². The minimum absolute atomic E-state index is 0.192. The summed E-state index contributed by atoms with van der Waals surface area (Å²) in [6, 6.07) is 3.92. The number of thiophene rings is 1. The third kappa shape index (κ3) is 3.13. The minimum Gasteiger partial charge on any atom is -0.344 e. The maximum Gasteiger partial charge on any atom is 0.291 e. The van der Waals surface area contributed by atoms with Gasteiger partial charge in [0, 0.05) is 11.3 Å². The first-order chi connectivity index (χ1) is 8.19. The molecule has 0 fully saturated rings. The predicted octanol–water partition coefficient (Wildman–Crippen LogP) is 2.12. The second kappa shape index (κ2) is 5.42. The first-order valence-electron chi connectivity index (χ1n) is 5.12. The van der Waals surface area contributed by atoms with Crippen molar-refractivity contribution in [3.8, 4) is 0 Å². The summed E-state index contributed by atoms with van der Waals surface area (Å²) in [5.74, 6) is 0.650. The van der Waals surface area contributed by atoms with Crippen LogP contribution in [0.3, 0.4) is 0 Å². The van der Waals surface area contributed by atoms with Crippen molar-refractivity contribution in [2.45, 2.75) is 19.9 Å². The van der Waals surface area contributed by atoms with Gasteiger partial charge >= 0.3 is 0 Å². The summed E-state index contributed by atoms with van der Waals surface area (Å²) in [7, 11) is 0. The van der Waals surface area contributed by atoms with Crippen molar-refractivity contribution in [2.75, 3.05) is 0 Å². The number of aromatic nitrogens is 3. The Morgan fingerprint density at radius 2 is 2.41 bits per heavy atom. The van der Waals surface area contributed by atoms with Crippen molar-refractivity contribution in [3.05, 3.63) is 32.4 Å². The molecule has 0 spiro atoms. The van der Waals surface area contributed by atoms with E-state index in [1.54, 1.807) is 11.3 Å².